The van der Waals surface area contributed by atoms with Crippen molar-refractivity contribution < 1.29 is 19.5 Å². The van der Waals surface area contributed by atoms with Crippen LogP contribution < -0.4 is 0 Å². The van der Waals surface area contributed by atoms with E-state index in [-0.39, 0.29) is 30.8 Å². The Morgan fingerprint density at radius 2 is 1.71 bits per heavy atom. The SMILES string of the molecule is CC(CC(=O)O)N1CCN(C(=O)CN2CCCCCCC2=O)CC1. The third kappa shape index (κ3) is 5.47. The van der Waals surface area contributed by atoms with Gasteiger partial charge < -0.3 is 14.9 Å². The van der Waals surface area contributed by atoms with Gasteiger partial charge >= 0.3 is 5.97 Å². The van der Waals surface area contributed by atoms with Crippen molar-refractivity contribution in [1.29, 1.82) is 0 Å². The van der Waals surface area contributed by atoms with E-state index in [4.69, 9.17) is 5.11 Å². The van der Waals surface area contributed by atoms with Gasteiger partial charge in [-0.2, -0.15) is 0 Å². The summed E-state index contributed by atoms with van der Waals surface area (Å²) in [6.07, 6.45) is 4.79. The molecular weight excluding hydrogens is 310 g/mol. The molecule has 2 aliphatic heterocycles. The molecule has 0 aliphatic carbocycles. The second-order valence-corrected chi connectivity index (χ2v) is 6.84. The van der Waals surface area contributed by atoms with E-state index in [1.54, 1.807) is 9.80 Å². The Bertz CT molecular complexity index is 461. The summed E-state index contributed by atoms with van der Waals surface area (Å²) >= 11 is 0. The number of carboxylic acids is 1. The van der Waals surface area contributed by atoms with Crippen LogP contribution in [0.2, 0.25) is 0 Å². The average Bonchev–Trinajstić information content (AvgIpc) is 2.54. The van der Waals surface area contributed by atoms with Gasteiger partial charge in [-0.25, -0.2) is 0 Å². The minimum Gasteiger partial charge on any atom is -0.481 e. The quantitative estimate of drug-likeness (QED) is 0.801. The summed E-state index contributed by atoms with van der Waals surface area (Å²) in [6, 6.07) is -0.0179. The largest absolute Gasteiger partial charge is 0.481 e. The number of nitrogens with zero attached hydrogens (tertiary/aromatic N) is 3. The number of likely N-dealkylation sites (tertiary alicyclic amines) is 1. The molecule has 2 fully saturated rings. The number of carbonyl (C=O) groups excluding carboxylic acids is 2. The maximum Gasteiger partial charge on any atom is 0.304 e. The highest BCUT2D eigenvalue weighted by atomic mass is 16.4. The maximum atomic E-state index is 12.5. The molecule has 136 valence electrons. The lowest BCUT2D eigenvalue weighted by Crippen LogP contribution is -2.54. The minimum atomic E-state index is -0.795. The number of rotatable bonds is 5. The van der Waals surface area contributed by atoms with E-state index in [0.717, 1.165) is 25.7 Å². The van der Waals surface area contributed by atoms with Gasteiger partial charge in [-0.15, -0.1) is 0 Å². The first kappa shape index (κ1) is 18.7. The van der Waals surface area contributed by atoms with E-state index in [9.17, 15) is 14.4 Å². The van der Waals surface area contributed by atoms with E-state index in [1.165, 1.54) is 0 Å². The van der Waals surface area contributed by atoms with E-state index < -0.39 is 5.97 Å². The minimum absolute atomic E-state index is 0.00876. The number of carbonyl (C=O) groups is 3. The molecule has 0 aromatic rings. The van der Waals surface area contributed by atoms with Gasteiger partial charge in [0.05, 0.1) is 13.0 Å². The predicted molar refractivity (Wildman–Crippen MR) is 89.5 cm³/mol. The van der Waals surface area contributed by atoms with E-state index in [0.29, 0.717) is 39.1 Å². The lowest BCUT2D eigenvalue weighted by molar-refractivity contribution is -0.142. The molecule has 0 bridgehead atoms. The fraction of sp³-hybridized carbons (Fsp3) is 0.824. The van der Waals surface area contributed by atoms with Gasteiger partial charge in [-0.1, -0.05) is 12.8 Å². The predicted octanol–water partition coefficient (Wildman–Crippen LogP) is 0.787. The summed E-state index contributed by atoms with van der Waals surface area (Å²) in [7, 11) is 0. The maximum absolute atomic E-state index is 12.5. The molecule has 0 aromatic carbocycles. The van der Waals surface area contributed by atoms with Crippen molar-refractivity contribution in [2.75, 3.05) is 39.3 Å². The number of hydrogen-bond donors (Lipinski definition) is 1. The van der Waals surface area contributed by atoms with Crippen molar-refractivity contribution in [3.05, 3.63) is 0 Å². The Morgan fingerprint density at radius 1 is 1.04 bits per heavy atom. The van der Waals surface area contributed by atoms with Crippen LogP contribution in [0.1, 0.15) is 45.4 Å². The first-order valence-electron chi connectivity index (χ1n) is 8.99. The molecule has 7 nitrogen and oxygen atoms in total. The average molecular weight is 339 g/mol. The summed E-state index contributed by atoms with van der Waals surface area (Å²) < 4.78 is 0. The number of amides is 2. The van der Waals surface area contributed by atoms with Crippen LogP contribution in [0.15, 0.2) is 0 Å². The summed E-state index contributed by atoms with van der Waals surface area (Å²) in [6.45, 7) is 5.35. The van der Waals surface area contributed by atoms with Gasteiger partial charge in [0.15, 0.2) is 0 Å². The smallest absolute Gasteiger partial charge is 0.304 e. The number of aliphatic carboxylic acids is 1. The number of hydrogen-bond acceptors (Lipinski definition) is 4. The topological polar surface area (TPSA) is 81.2 Å². The Balaban J connectivity index is 1.79. The molecule has 1 atom stereocenters. The third-order valence-corrected chi connectivity index (χ3v) is 5.01. The van der Waals surface area contributed by atoms with Crippen LogP contribution >= 0.6 is 0 Å². The van der Waals surface area contributed by atoms with Crippen LogP contribution in [-0.4, -0.2) is 82.9 Å². The van der Waals surface area contributed by atoms with Gasteiger partial charge in [0.1, 0.15) is 0 Å². The van der Waals surface area contributed by atoms with Gasteiger partial charge in [0, 0.05) is 45.2 Å². The summed E-state index contributed by atoms with van der Waals surface area (Å²) in [5, 5.41) is 8.88. The Labute approximate surface area is 143 Å². The van der Waals surface area contributed by atoms with Gasteiger partial charge in [0.25, 0.3) is 0 Å². The fourth-order valence-corrected chi connectivity index (χ4v) is 3.44. The Kier molecular flexibility index (Phi) is 7.02. The zero-order valence-corrected chi connectivity index (χ0v) is 14.6. The molecule has 0 saturated carbocycles. The lowest BCUT2D eigenvalue weighted by atomic mass is 10.1. The number of piperazine rings is 1. The number of carboxylic acid groups (broad SMARTS) is 1. The molecule has 2 aliphatic rings. The van der Waals surface area contributed by atoms with Crippen molar-refractivity contribution in [2.45, 2.75) is 51.5 Å². The van der Waals surface area contributed by atoms with Crippen LogP contribution in [0, 0.1) is 0 Å². The highest BCUT2D eigenvalue weighted by Gasteiger charge is 2.27. The molecule has 2 heterocycles. The molecule has 2 rings (SSSR count). The second-order valence-electron chi connectivity index (χ2n) is 6.84. The highest BCUT2D eigenvalue weighted by molar-refractivity contribution is 5.85. The molecular formula is C17H29N3O4. The third-order valence-electron chi connectivity index (χ3n) is 5.01. The second kappa shape index (κ2) is 9.01. The first-order valence-corrected chi connectivity index (χ1v) is 8.99. The van der Waals surface area contributed by atoms with Crippen molar-refractivity contribution in [3.8, 4) is 0 Å². The molecule has 2 amide bonds. The molecule has 1 N–H and O–H groups in total. The summed E-state index contributed by atoms with van der Waals surface area (Å²) in [5.74, 6) is -0.692. The molecule has 24 heavy (non-hydrogen) atoms. The van der Waals surface area contributed by atoms with Gasteiger partial charge in [-0.05, 0) is 19.8 Å². The Hall–Kier alpha value is -1.63. The Morgan fingerprint density at radius 3 is 2.38 bits per heavy atom. The zero-order valence-electron chi connectivity index (χ0n) is 14.6. The molecule has 0 radical (unpaired) electrons. The molecule has 1 unspecified atom stereocenters. The lowest BCUT2D eigenvalue weighted by Gasteiger charge is -2.38. The summed E-state index contributed by atoms with van der Waals surface area (Å²) in [4.78, 5) is 41.0. The van der Waals surface area contributed by atoms with Crippen LogP contribution in [0.3, 0.4) is 0 Å². The normalized spacial score (nSPS) is 22.0. The van der Waals surface area contributed by atoms with Crippen molar-refractivity contribution in [2.24, 2.45) is 0 Å². The molecule has 0 aromatic heterocycles. The molecule has 7 heteroatoms. The van der Waals surface area contributed by atoms with Crippen molar-refractivity contribution in [1.82, 2.24) is 14.7 Å². The first-order chi connectivity index (χ1) is 11.5. The molecule has 0 spiro atoms. The van der Waals surface area contributed by atoms with E-state index >= 15 is 0 Å². The van der Waals surface area contributed by atoms with E-state index in [2.05, 4.69) is 4.90 Å². The van der Waals surface area contributed by atoms with E-state index in [1.807, 2.05) is 6.92 Å². The highest BCUT2D eigenvalue weighted by Crippen LogP contribution is 2.13. The van der Waals surface area contributed by atoms with Crippen LogP contribution in [0.5, 0.6) is 0 Å². The zero-order chi connectivity index (χ0) is 17.5. The van der Waals surface area contributed by atoms with Crippen LogP contribution in [0.25, 0.3) is 0 Å². The van der Waals surface area contributed by atoms with Crippen molar-refractivity contribution >= 4 is 17.8 Å². The van der Waals surface area contributed by atoms with Gasteiger partial charge in [0.2, 0.25) is 11.8 Å². The fourth-order valence-electron chi connectivity index (χ4n) is 3.44. The standard InChI is InChI=1S/C17H29N3O4/c1-14(12-17(23)24)18-8-10-19(11-9-18)16(22)13-20-7-5-3-2-4-6-15(20)21/h14H,2-13H2,1H3,(H,23,24). The van der Waals surface area contributed by atoms with Crippen LogP contribution in [0.4, 0.5) is 0 Å². The van der Waals surface area contributed by atoms with Crippen LogP contribution in [-0.2, 0) is 14.4 Å². The monoisotopic (exact) mass is 339 g/mol. The van der Waals surface area contributed by atoms with Gasteiger partial charge in [-0.3, -0.25) is 19.3 Å². The summed E-state index contributed by atoms with van der Waals surface area (Å²) in [5.41, 5.74) is 0. The van der Waals surface area contributed by atoms with Crippen molar-refractivity contribution in [3.63, 3.8) is 0 Å². The molecule has 2 saturated heterocycles.